The van der Waals surface area contributed by atoms with Crippen molar-refractivity contribution < 1.29 is 9.18 Å². The summed E-state index contributed by atoms with van der Waals surface area (Å²) in [5.41, 5.74) is 0.507. The van der Waals surface area contributed by atoms with Crippen molar-refractivity contribution in [1.82, 2.24) is 14.8 Å². The van der Waals surface area contributed by atoms with Gasteiger partial charge in [-0.3, -0.25) is 9.59 Å². The van der Waals surface area contributed by atoms with E-state index in [9.17, 15) is 14.0 Å². The molecule has 0 unspecified atom stereocenters. The average Bonchev–Trinajstić information content (AvgIpc) is 2.89. The van der Waals surface area contributed by atoms with Crippen molar-refractivity contribution in [3.05, 3.63) is 46.0 Å². The van der Waals surface area contributed by atoms with Gasteiger partial charge in [0.05, 0.1) is 0 Å². The first-order valence-corrected chi connectivity index (χ1v) is 9.38. The standard InChI is InChI=1S/C21H26FN3O2/c1-20(2)10-21(11-24(3)4)12-25(9-17(20)21)19(27)15-8-23-16-6-5-13(22)7-14(16)18(15)26/h5-8,17H,9-12H2,1-4H3,(H,23,26)/t17-,21+/m1/s1. The number of aromatic amines is 1. The van der Waals surface area contributed by atoms with Gasteiger partial charge in [-0.1, -0.05) is 13.8 Å². The quantitative estimate of drug-likeness (QED) is 0.903. The third-order valence-corrected chi connectivity index (χ3v) is 6.39. The highest BCUT2D eigenvalue weighted by Gasteiger charge is 2.63. The lowest BCUT2D eigenvalue weighted by Gasteiger charge is -2.57. The zero-order valence-electron chi connectivity index (χ0n) is 16.3. The molecule has 0 bridgehead atoms. The van der Waals surface area contributed by atoms with Gasteiger partial charge >= 0.3 is 0 Å². The van der Waals surface area contributed by atoms with Crippen molar-refractivity contribution in [1.29, 1.82) is 0 Å². The van der Waals surface area contributed by atoms with E-state index in [1.165, 1.54) is 24.4 Å². The Morgan fingerprint density at radius 3 is 2.78 bits per heavy atom. The van der Waals surface area contributed by atoms with Crippen molar-refractivity contribution in [2.45, 2.75) is 20.3 Å². The zero-order chi connectivity index (χ0) is 19.6. The van der Waals surface area contributed by atoms with E-state index in [1.54, 1.807) is 0 Å². The van der Waals surface area contributed by atoms with Crippen molar-refractivity contribution in [3.8, 4) is 0 Å². The maximum absolute atomic E-state index is 13.6. The number of hydrogen-bond acceptors (Lipinski definition) is 3. The maximum Gasteiger partial charge on any atom is 0.259 e. The van der Waals surface area contributed by atoms with Crippen LogP contribution in [-0.4, -0.2) is 54.4 Å². The van der Waals surface area contributed by atoms with Crippen LogP contribution in [0.1, 0.15) is 30.6 Å². The van der Waals surface area contributed by atoms with E-state index < -0.39 is 11.2 Å². The second-order valence-electron chi connectivity index (χ2n) is 9.23. The van der Waals surface area contributed by atoms with Crippen molar-refractivity contribution in [2.24, 2.45) is 16.7 Å². The number of aromatic nitrogens is 1. The molecular formula is C21H26FN3O2. The monoisotopic (exact) mass is 371 g/mol. The minimum atomic E-state index is -0.483. The Bertz CT molecular complexity index is 977. The third kappa shape index (κ3) is 2.78. The van der Waals surface area contributed by atoms with Crippen LogP contribution in [0.2, 0.25) is 0 Å². The summed E-state index contributed by atoms with van der Waals surface area (Å²) in [6.45, 7) is 6.78. The summed E-state index contributed by atoms with van der Waals surface area (Å²) in [7, 11) is 4.12. The summed E-state index contributed by atoms with van der Waals surface area (Å²) >= 11 is 0. The predicted octanol–water partition coefficient (Wildman–Crippen LogP) is 2.72. The first-order chi connectivity index (χ1) is 12.6. The molecule has 27 heavy (non-hydrogen) atoms. The number of likely N-dealkylation sites (tertiary alicyclic amines) is 1. The van der Waals surface area contributed by atoms with E-state index in [4.69, 9.17) is 0 Å². The summed E-state index contributed by atoms with van der Waals surface area (Å²) in [4.78, 5) is 32.9. The fourth-order valence-electron chi connectivity index (χ4n) is 5.64. The highest BCUT2D eigenvalue weighted by atomic mass is 19.1. The van der Waals surface area contributed by atoms with Gasteiger partial charge in [0.1, 0.15) is 11.4 Å². The van der Waals surface area contributed by atoms with Crippen LogP contribution in [0.5, 0.6) is 0 Å². The number of carbonyl (C=O) groups is 1. The molecule has 1 aromatic heterocycles. The Hall–Kier alpha value is -2.21. The molecule has 2 aliphatic rings. The zero-order valence-corrected chi connectivity index (χ0v) is 16.3. The molecule has 5 nitrogen and oxygen atoms in total. The SMILES string of the molecule is CN(C)C[C@@]12CN(C(=O)c3c[nH]c4ccc(F)cc4c3=O)C[C@@H]1C(C)(C)C2. The number of nitrogens with one attached hydrogen (secondary N) is 1. The Morgan fingerprint density at radius 1 is 1.37 bits per heavy atom. The molecular weight excluding hydrogens is 345 g/mol. The van der Waals surface area contributed by atoms with E-state index in [0.717, 1.165) is 13.0 Å². The number of benzene rings is 1. The van der Waals surface area contributed by atoms with Crippen molar-refractivity contribution in [2.75, 3.05) is 33.7 Å². The summed E-state index contributed by atoms with van der Waals surface area (Å²) in [5, 5.41) is 0.214. The minimum absolute atomic E-state index is 0.0900. The molecule has 144 valence electrons. The predicted molar refractivity (Wildman–Crippen MR) is 103 cm³/mol. The fourth-order valence-corrected chi connectivity index (χ4v) is 5.64. The molecule has 1 saturated heterocycles. The first-order valence-electron chi connectivity index (χ1n) is 9.38. The summed E-state index contributed by atoms with van der Waals surface area (Å²) in [6.07, 6.45) is 2.54. The third-order valence-electron chi connectivity index (χ3n) is 6.39. The Balaban J connectivity index is 1.67. The van der Waals surface area contributed by atoms with E-state index in [2.05, 4.69) is 37.8 Å². The molecule has 0 radical (unpaired) electrons. The van der Waals surface area contributed by atoms with Crippen LogP contribution < -0.4 is 5.43 Å². The number of fused-ring (bicyclic) bond motifs is 2. The fraction of sp³-hybridized carbons (Fsp3) is 0.524. The lowest BCUT2D eigenvalue weighted by Crippen LogP contribution is -2.57. The second-order valence-corrected chi connectivity index (χ2v) is 9.23. The number of carbonyl (C=O) groups excluding carboxylic acids is 1. The highest BCUT2D eigenvalue weighted by molar-refractivity contribution is 5.97. The molecule has 1 aliphatic heterocycles. The van der Waals surface area contributed by atoms with E-state index in [1.807, 2.05) is 4.90 Å². The van der Waals surface area contributed by atoms with Gasteiger partial charge < -0.3 is 14.8 Å². The Labute approximate surface area is 158 Å². The van der Waals surface area contributed by atoms with Gasteiger partial charge in [0.15, 0.2) is 0 Å². The molecule has 1 aromatic carbocycles. The van der Waals surface area contributed by atoms with Crippen LogP contribution in [-0.2, 0) is 0 Å². The van der Waals surface area contributed by atoms with Crippen molar-refractivity contribution >= 4 is 16.8 Å². The minimum Gasteiger partial charge on any atom is -0.360 e. The lowest BCUT2D eigenvalue weighted by molar-refractivity contribution is -0.0789. The molecule has 0 spiro atoms. The van der Waals surface area contributed by atoms with E-state index in [0.29, 0.717) is 24.5 Å². The summed E-state index contributed by atoms with van der Waals surface area (Å²) < 4.78 is 13.6. The van der Waals surface area contributed by atoms with Crippen LogP contribution >= 0.6 is 0 Å². The lowest BCUT2D eigenvalue weighted by atomic mass is 9.48. The van der Waals surface area contributed by atoms with Crippen LogP contribution in [0, 0.1) is 22.6 Å². The number of amides is 1. The number of hydrogen-bond donors (Lipinski definition) is 1. The first kappa shape index (κ1) is 18.2. The van der Waals surface area contributed by atoms with Crippen LogP contribution in [0.3, 0.4) is 0 Å². The van der Waals surface area contributed by atoms with E-state index in [-0.39, 0.29) is 27.7 Å². The van der Waals surface area contributed by atoms with Gasteiger partial charge in [0, 0.05) is 42.1 Å². The largest absolute Gasteiger partial charge is 0.360 e. The molecule has 2 aromatic rings. The molecule has 2 atom stereocenters. The molecule has 2 fully saturated rings. The molecule has 1 amide bonds. The molecule has 1 aliphatic carbocycles. The van der Waals surface area contributed by atoms with Gasteiger partial charge in [0.2, 0.25) is 5.43 Å². The summed E-state index contributed by atoms with van der Waals surface area (Å²) in [6, 6.07) is 4.01. The average molecular weight is 371 g/mol. The van der Waals surface area contributed by atoms with Gasteiger partial charge in [-0.2, -0.15) is 0 Å². The number of rotatable bonds is 3. The van der Waals surface area contributed by atoms with Gasteiger partial charge in [-0.05, 0) is 50.0 Å². The second kappa shape index (κ2) is 5.89. The molecule has 1 N–H and O–H groups in total. The van der Waals surface area contributed by atoms with Crippen molar-refractivity contribution in [3.63, 3.8) is 0 Å². The van der Waals surface area contributed by atoms with E-state index >= 15 is 0 Å². The Morgan fingerprint density at radius 2 is 2.11 bits per heavy atom. The molecule has 1 saturated carbocycles. The van der Waals surface area contributed by atoms with Crippen LogP contribution in [0.25, 0.3) is 10.9 Å². The van der Waals surface area contributed by atoms with Gasteiger partial charge in [0.25, 0.3) is 5.91 Å². The number of H-pyrrole nitrogens is 1. The maximum atomic E-state index is 13.6. The topological polar surface area (TPSA) is 56.4 Å². The van der Waals surface area contributed by atoms with Crippen LogP contribution in [0.4, 0.5) is 4.39 Å². The van der Waals surface area contributed by atoms with Crippen LogP contribution in [0.15, 0.2) is 29.2 Å². The normalized spacial score (nSPS) is 26.3. The number of halogens is 1. The Kier molecular flexibility index (Phi) is 3.97. The number of nitrogens with zero attached hydrogens (tertiary/aromatic N) is 2. The molecule has 4 rings (SSSR count). The summed E-state index contributed by atoms with van der Waals surface area (Å²) in [5.74, 6) is -0.317. The number of pyridine rings is 1. The van der Waals surface area contributed by atoms with Gasteiger partial charge in [-0.15, -0.1) is 0 Å². The smallest absolute Gasteiger partial charge is 0.259 e. The molecule has 2 heterocycles. The highest BCUT2D eigenvalue weighted by Crippen LogP contribution is 2.62. The van der Waals surface area contributed by atoms with Gasteiger partial charge in [-0.25, -0.2) is 4.39 Å². The molecule has 6 heteroatoms.